The van der Waals surface area contributed by atoms with Gasteiger partial charge in [-0.1, -0.05) is 12.1 Å². The van der Waals surface area contributed by atoms with Gasteiger partial charge in [0.2, 0.25) is 0 Å². The van der Waals surface area contributed by atoms with Crippen molar-refractivity contribution in [2.45, 2.75) is 24.9 Å². The van der Waals surface area contributed by atoms with Crippen molar-refractivity contribution in [1.82, 2.24) is 19.7 Å². The summed E-state index contributed by atoms with van der Waals surface area (Å²) in [6.07, 6.45) is 3.40. The van der Waals surface area contributed by atoms with E-state index >= 15 is 0 Å². The lowest BCUT2D eigenvalue weighted by Crippen LogP contribution is -2.33. The fourth-order valence-corrected chi connectivity index (χ4v) is 3.24. The van der Waals surface area contributed by atoms with Crippen LogP contribution in [0.2, 0.25) is 0 Å². The molecule has 0 N–H and O–H groups in total. The Kier molecular flexibility index (Phi) is 4.21. The maximum absolute atomic E-state index is 14.1. The molecule has 9 heteroatoms. The standard InChI is InChI=1S/C18H15F3N4O2/c19-14-3-1-12(2-4-14)8-24-11-22-23-16(24)15-7-18(20,21)10-25(15)17(26)13-5-6-27-9-13/h1-6,9,11,15H,7-8,10H2/t15-/m0/s1. The molecular formula is C18H15F3N4O2. The molecule has 0 radical (unpaired) electrons. The lowest BCUT2D eigenvalue weighted by molar-refractivity contribution is 0.0117. The summed E-state index contributed by atoms with van der Waals surface area (Å²) in [5.41, 5.74) is 0.956. The van der Waals surface area contributed by atoms with Gasteiger partial charge in [0.05, 0.1) is 31.0 Å². The summed E-state index contributed by atoms with van der Waals surface area (Å²) in [6.45, 7) is -0.427. The third kappa shape index (κ3) is 3.44. The Bertz CT molecular complexity index is 938. The first-order valence-electron chi connectivity index (χ1n) is 8.26. The second-order valence-electron chi connectivity index (χ2n) is 6.46. The van der Waals surface area contributed by atoms with E-state index in [1.54, 1.807) is 16.7 Å². The average molecular weight is 376 g/mol. The molecule has 0 bridgehead atoms. The van der Waals surface area contributed by atoms with E-state index in [1.165, 1.54) is 37.1 Å². The molecule has 3 heterocycles. The van der Waals surface area contributed by atoms with E-state index in [4.69, 9.17) is 4.42 Å². The molecule has 0 aliphatic carbocycles. The molecule has 0 unspecified atom stereocenters. The number of carbonyl (C=O) groups is 1. The number of amides is 1. The maximum atomic E-state index is 14.1. The zero-order chi connectivity index (χ0) is 19.0. The highest BCUT2D eigenvalue weighted by atomic mass is 19.3. The molecule has 3 aromatic rings. The minimum atomic E-state index is -3.03. The van der Waals surface area contributed by atoms with E-state index in [1.807, 2.05) is 0 Å². The number of alkyl halides is 2. The van der Waals surface area contributed by atoms with Gasteiger partial charge in [-0.05, 0) is 23.8 Å². The number of furan rings is 1. The summed E-state index contributed by atoms with van der Waals surface area (Å²) >= 11 is 0. The third-order valence-electron chi connectivity index (χ3n) is 4.51. The fraction of sp³-hybridized carbons (Fsp3) is 0.278. The van der Waals surface area contributed by atoms with Crippen LogP contribution in [0.1, 0.15) is 34.2 Å². The SMILES string of the molecule is O=C(c1ccoc1)N1CC(F)(F)C[C@H]1c1nncn1Cc1ccc(F)cc1. The first-order chi connectivity index (χ1) is 12.9. The van der Waals surface area contributed by atoms with Crippen LogP contribution >= 0.6 is 0 Å². The lowest BCUT2D eigenvalue weighted by atomic mass is 10.1. The van der Waals surface area contributed by atoms with Crippen LogP contribution in [0, 0.1) is 5.82 Å². The Balaban J connectivity index is 1.64. The van der Waals surface area contributed by atoms with E-state index in [9.17, 15) is 18.0 Å². The number of likely N-dealkylation sites (tertiary alicyclic amines) is 1. The Morgan fingerprint density at radius 3 is 2.74 bits per heavy atom. The van der Waals surface area contributed by atoms with Crippen LogP contribution in [0.4, 0.5) is 13.2 Å². The monoisotopic (exact) mass is 376 g/mol. The highest BCUT2D eigenvalue weighted by molar-refractivity contribution is 5.94. The maximum Gasteiger partial charge on any atom is 0.267 e. The first kappa shape index (κ1) is 17.3. The molecule has 140 valence electrons. The summed E-state index contributed by atoms with van der Waals surface area (Å²) in [6, 6.07) is 6.33. The van der Waals surface area contributed by atoms with Gasteiger partial charge in [0.1, 0.15) is 18.4 Å². The van der Waals surface area contributed by atoms with E-state index in [2.05, 4.69) is 10.2 Å². The third-order valence-corrected chi connectivity index (χ3v) is 4.51. The Morgan fingerprint density at radius 1 is 1.26 bits per heavy atom. The predicted octanol–water partition coefficient (Wildman–Crippen LogP) is 3.28. The Hall–Kier alpha value is -3.10. The van der Waals surface area contributed by atoms with Crippen LogP contribution in [0.3, 0.4) is 0 Å². The number of rotatable bonds is 4. The van der Waals surface area contributed by atoms with Crippen LogP contribution in [-0.2, 0) is 6.54 Å². The minimum absolute atomic E-state index is 0.197. The van der Waals surface area contributed by atoms with Gasteiger partial charge in [0, 0.05) is 6.42 Å². The van der Waals surface area contributed by atoms with Crippen LogP contribution in [0.15, 0.2) is 53.6 Å². The summed E-state index contributed by atoms with van der Waals surface area (Å²) in [4.78, 5) is 13.7. The smallest absolute Gasteiger partial charge is 0.267 e. The largest absolute Gasteiger partial charge is 0.472 e. The van der Waals surface area contributed by atoms with E-state index in [0.29, 0.717) is 0 Å². The van der Waals surface area contributed by atoms with Crippen molar-refractivity contribution in [2.75, 3.05) is 6.54 Å². The van der Waals surface area contributed by atoms with Gasteiger partial charge in [-0.3, -0.25) is 4.79 Å². The molecule has 4 rings (SSSR count). The van der Waals surface area contributed by atoms with Crippen molar-refractivity contribution in [3.8, 4) is 0 Å². The summed E-state index contributed by atoms with van der Waals surface area (Å²) in [5, 5.41) is 7.80. The number of carbonyl (C=O) groups excluding carboxylic acids is 1. The molecule has 1 aromatic carbocycles. The molecule has 1 aliphatic heterocycles. The van der Waals surface area contributed by atoms with Crippen molar-refractivity contribution in [2.24, 2.45) is 0 Å². The quantitative estimate of drug-likeness (QED) is 0.701. The van der Waals surface area contributed by atoms with Gasteiger partial charge >= 0.3 is 0 Å². The second-order valence-corrected chi connectivity index (χ2v) is 6.46. The average Bonchev–Trinajstić information content (AvgIpc) is 3.36. The second kappa shape index (κ2) is 6.57. The molecule has 27 heavy (non-hydrogen) atoms. The molecule has 1 aliphatic rings. The molecule has 0 spiro atoms. The van der Waals surface area contributed by atoms with Crippen molar-refractivity contribution in [3.63, 3.8) is 0 Å². The molecule has 2 aromatic heterocycles. The molecule has 1 saturated heterocycles. The number of benzene rings is 1. The van der Waals surface area contributed by atoms with Crippen LogP contribution in [-0.4, -0.2) is 38.0 Å². The van der Waals surface area contributed by atoms with Gasteiger partial charge < -0.3 is 13.9 Å². The van der Waals surface area contributed by atoms with Crippen LogP contribution < -0.4 is 0 Å². The topological polar surface area (TPSA) is 64.2 Å². The van der Waals surface area contributed by atoms with Crippen molar-refractivity contribution in [1.29, 1.82) is 0 Å². The molecule has 6 nitrogen and oxygen atoms in total. The summed E-state index contributed by atoms with van der Waals surface area (Å²) < 4.78 is 47.8. The van der Waals surface area contributed by atoms with Gasteiger partial charge in [-0.2, -0.15) is 0 Å². The summed E-state index contributed by atoms with van der Waals surface area (Å²) in [5.74, 6) is -3.69. The van der Waals surface area contributed by atoms with E-state index in [0.717, 1.165) is 10.5 Å². The van der Waals surface area contributed by atoms with Crippen molar-refractivity contribution < 1.29 is 22.4 Å². The van der Waals surface area contributed by atoms with Gasteiger partial charge in [0.25, 0.3) is 11.8 Å². The minimum Gasteiger partial charge on any atom is -0.472 e. The fourth-order valence-electron chi connectivity index (χ4n) is 3.24. The number of nitrogens with zero attached hydrogens (tertiary/aromatic N) is 4. The number of hydrogen-bond acceptors (Lipinski definition) is 4. The Morgan fingerprint density at radius 2 is 2.04 bits per heavy atom. The van der Waals surface area contributed by atoms with Crippen molar-refractivity contribution >= 4 is 5.91 Å². The highest BCUT2D eigenvalue weighted by Gasteiger charge is 2.49. The molecular weight excluding hydrogens is 361 g/mol. The molecule has 1 atom stereocenters. The van der Waals surface area contributed by atoms with Gasteiger partial charge in [0.15, 0.2) is 5.82 Å². The van der Waals surface area contributed by atoms with Crippen LogP contribution in [0.5, 0.6) is 0 Å². The zero-order valence-electron chi connectivity index (χ0n) is 14.1. The van der Waals surface area contributed by atoms with E-state index < -0.39 is 30.8 Å². The lowest BCUT2D eigenvalue weighted by Gasteiger charge is -2.23. The first-order valence-corrected chi connectivity index (χ1v) is 8.26. The van der Waals surface area contributed by atoms with E-state index in [-0.39, 0.29) is 23.7 Å². The molecule has 1 amide bonds. The number of hydrogen-bond donors (Lipinski definition) is 0. The normalized spacial score (nSPS) is 18.8. The van der Waals surface area contributed by atoms with Crippen LogP contribution in [0.25, 0.3) is 0 Å². The predicted molar refractivity (Wildman–Crippen MR) is 87.6 cm³/mol. The molecule has 0 saturated carbocycles. The van der Waals surface area contributed by atoms with Gasteiger partial charge in [-0.15, -0.1) is 10.2 Å². The summed E-state index contributed by atoms with van der Waals surface area (Å²) in [7, 11) is 0. The Labute approximate surface area is 152 Å². The number of aromatic nitrogens is 3. The zero-order valence-corrected chi connectivity index (χ0v) is 14.1. The number of halogens is 3. The highest BCUT2D eigenvalue weighted by Crippen LogP contribution is 2.41. The molecule has 1 fully saturated rings. The van der Waals surface area contributed by atoms with Gasteiger partial charge in [-0.25, -0.2) is 13.2 Å². The van der Waals surface area contributed by atoms with Crippen molar-refractivity contribution in [3.05, 3.63) is 72.0 Å².